The number of aromatic nitrogens is 3. The molecule has 2 atom stereocenters. The molecule has 0 bridgehead atoms. The maximum atomic E-state index is 12.5. The van der Waals surface area contributed by atoms with Crippen molar-refractivity contribution in [3.05, 3.63) is 34.8 Å². The fourth-order valence-corrected chi connectivity index (χ4v) is 3.17. The molecular formula is C16H22N4O2. The van der Waals surface area contributed by atoms with Gasteiger partial charge in [0.2, 0.25) is 5.91 Å². The highest BCUT2D eigenvalue weighted by molar-refractivity contribution is 5.79. The molecule has 2 aromatic rings. The van der Waals surface area contributed by atoms with Crippen molar-refractivity contribution in [2.45, 2.75) is 53.1 Å². The van der Waals surface area contributed by atoms with Gasteiger partial charge < -0.3 is 14.3 Å². The molecule has 6 heteroatoms. The Hall–Kier alpha value is -2.11. The SMILES string of the molecule is Cc1cc([C@@H](C)NC(=O)[C@H]2CCc3nnc(C)n3C2)c(C)o1. The molecule has 0 saturated heterocycles. The number of aryl methyl sites for hydroxylation is 4. The fourth-order valence-electron chi connectivity index (χ4n) is 3.17. The van der Waals surface area contributed by atoms with Crippen molar-refractivity contribution in [3.8, 4) is 0 Å². The Bertz CT molecular complexity index is 701. The number of hydrogen-bond acceptors (Lipinski definition) is 4. The molecule has 0 radical (unpaired) electrons. The predicted molar refractivity (Wildman–Crippen MR) is 81.3 cm³/mol. The number of carbonyl (C=O) groups is 1. The third kappa shape index (κ3) is 2.65. The van der Waals surface area contributed by atoms with Crippen LogP contribution in [0, 0.1) is 26.7 Å². The van der Waals surface area contributed by atoms with Crippen LogP contribution in [0.3, 0.4) is 0 Å². The van der Waals surface area contributed by atoms with E-state index in [2.05, 4.69) is 15.5 Å². The first-order valence-corrected chi connectivity index (χ1v) is 7.71. The molecular weight excluding hydrogens is 280 g/mol. The molecule has 0 fully saturated rings. The van der Waals surface area contributed by atoms with Gasteiger partial charge >= 0.3 is 0 Å². The Morgan fingerprint density at radius 2 is 2.18 bits per heavy atom. The van der Waals surface area contributed by atoms with E-state index < -0.39 is 0 Å². The van der Waals surface area contributed by atoms with Gasteiger partial charge in [-0.1, -0.05) is 0 Å². The number of amides is 1. The molecule has 3 rings (SSSR count). The standard InChI is InChI=1S/C16H22N4O2/c1-9-7-14(11(3)22-9)10(2)17-16(21)13-5-6-15-19-18-12(4)20(15)8-13/h7,10,13H,5-6,8H2,1-4H3,(H,17,21)/t10-,13+/m1/s1. The van der Waals surface area contributed by atoms with E-state index in [0.29, 0.717) is 6.54 Å². The Kier molecular flexibility index (Phi) is 3.76. The molecule has 0 aromatic carbocycles. The van der Waals surface area contributed by atoms with Gasteiger partial charge in [0.05, 0.1) is 12.0 Å². The Labute approximate surface area is 129 Å². The minimum Gasteiger partial charge on any atom is -0.466 e. The summed E-state index contributed by atoms with van der Waals surface area (Å²) < 4.78 is 7.59. The van der Waals surface area contributed by atoms with E-state index in [0.717, 1.165) is 41.6 Å². The fraction of sp³-hybridized carbons (Fsp3) is 0.562. The average Bonchev–Trinajstić information content (AvgIpc) is 3.01. The van der Waals surface area contributed by atoms with Crippen LogP contribution in [0.15, 0.2) is 10.5 Å². The summed E-state index contributed by atoms with van der Waals surface area (Å²) in [6.45, 7) is 8.43. The number of fused-ring (bicyclic) bond motifs is 1. The van der Waals surface area contributed by atoms with E-state index in [-0.39, 0.29) is 17.9 Å². The van der Waals surface area contributed by atoms with Crippen molar-refractivity contribution in [3.63, 3.8) is 0 Å². The Morgan fingerprint density at radius 3 is 2.86 bits per heavy atom. The Morgan fingerprint density at radius 1 is 1.41 bits per heavy atom. The maximum absolute atomic E-state index is 12.5. The lowest BCUT2D eigenvalue weighted by Gasteiger charge is -2.24. The quantitative estimate of drug-likeness (QED) is 0.943. The minimum atomic E-state index is -0.0478. The summed E-state index contributed by atoms with van der Waals surface area (Å²) in [4.78, 5) is 12.5. The zero-order valence-electron chi connectivity index (χ0n) is 13.5. The van der Waals surface area contributed by atoms with Gasteiger partial charge in [0, 0.05) is 18.5 Å². The second-order valence-corrected chi connectivity index (χ2v) is 6.11. The normalized spacial score (nSPS) is 18.8. The highest BCUT2D eigenvalue weighted by Crippen LogP contribution is 2.24. The van der Waals surface area contributed by atoms with E-state index >= 15 is 0 Å². The highest BCUT2D eigenvalue weighted by Gasteiger charge is 2.28. The molecule has 1 aliphatic heterocycles. The molecule has 0 spiro atoms. The summed E-state index contributed by atoms with van der Waals surface area (Å²) in [5.74, 6) is 3.65. The molecule has 1 N–H and O–H groups in total. The van der Waals surface area contributed by atoms with Gasteiger partial charge in [-0.05, 0) is 40.2 Å². The molecule has 6 nitrogen and oxygen atoms in total. The lowest BCUT2D eigenvalue weighted by molar-refractivity contribution is -0.126. The molecule has 0 aliphatic carbocycles. The molecule has 0 saturated carbocycles. The Balaban J connectivity index is 1.68. The summed E-state index contributed by atoms with van der Waals surface area (Å²) in [6, 6.07) is 1.94. The van der Waals surface area contributed by atoms with Gasteiger partial charge in [-0.2, -0.15) is 0 Å². The van der Waals surface area contributed by atoms with Crippen molar-refractivity contribution in [2.24, 2.45) is 5.92 Å². The van der Waals surface area contributed by atoms with E-state index in [4.69, 9.17) is 4.42 Å². The smallest absolute Gasteiger partial charge is 0.225 e. The van der Waals surface area contributed by atoms with Crippen molar-refractivity contribution < 1.29 is 9.21 Å². The maximum Gasteiger partial charge on any atom is 0.225 e. The van der Waals surface area contributed by atoms with Gasteiger partial charge in [0.25, 0.3) is 0 Å². The largest absolute Gasteiger partial charge is 0.466 e. The molecule has 1 aliphatic rings. The van der Waals surface area contributed by atoms with Crippen LogP contribution in [-0.4, -0.2) is 20.7 Å². The molecule has 0 unspecified atom stereocenters. The number of rotatable bonds is 3. The van der Waals surface area contributed by atoms with Crippen LogP contribution in [0.1, 0.15) is 48.1 Å². The lowest BCUT2D eigenvalue weighted by Crippen LogP contribution is -2.37. The first-order valence-electron chi connectivity index (χ1n) is 7.71. The van der Waals surface area contributed by atoms with Crippen LogP contribution in [0.5, 0.6) is 0 Å². The van der Waals surface area contributed by atoms with Crippen LogP contribution in [0.4, 0.5) is 0 Å². The molecule has 118 valence electrons. The molecule has 2 aromatic heterocycles. The topological polar surface area (TPSA) is 73.0 Å². The molecule has 1 amide bonds. The van der Waals surface area contributed by atoms with Crippen LogP contribution in [-0.2, 0) is 17.8 Å². The molecule has 3 heterocycles. The summed E-state index contributed by atoms with van der Waals surface area (Å²) >= 11 is 0. The zero-order valence-corrected chi connectivity index (χ0v) is 13.5. The van der Waals surface area contributed by atoms with Crippen molar-refractivity contribution in [1.29, 1.82) is 0 Å². The average molecular weight is 302 g/mol. The summed E-state index contributed by atoms with van der Waals surface area (Å²) in [5.41, 5.74) is 1.04. The van der Waals surface area contributed by atoms with Crippen LogP contribution in [0.2, 0.25) is 0 Å². The van der Waals surface area contributed by atoms with Gasteiger partial charge in [-0.3, -0.25) is 4.79 Å². The second-order valence-electron chi connectivity index (χ2n) is 6.11. The van der Waals surface area contributed by atoms with Crippen molar-refractivity contribution in [2.75, 3.05) is 0 Å². The van der Waals surface area contributed by atoms with E-state index in [1.54, 1.807) is 0 Å². The zero-order chi connectivity index (χ0) is 15.9. The number of hydrogen-bond donors (Lipinski definition) is 1. The summed E-state index contributed by atoms with van der Waals surface area (Å²) in [6.07, 6.45) is 1.62. The molecule has 22 heavy (non-hydrogen) atoms. The van der Waals surface area contributed by atoms with Crippen molar-refractivity contribution >= 4 is 5.91 Å². The first kappa shape index (κ1) is 14.8. The van der Waals surface area contributed by atoms with Gasteiger partial charge in [0.1, 0.15) is 23.2 Å². The van der Waals surface area contributed by atoms with E-state index in [9.17, 15) is 4.79 Å². The highest BCUT2D eigenvalue weighted by atomic mass is 16.3. The summed E-state index contributed by atoms with van der Waals surface area (Å²) in [5, 5.41) is 11.3. The van der Waals surface area contributed by atoms with E-state index in [1.165, 1.54) is 0 Å². The second kappa shape index (κ2) is 5.59. The number of carbonyl (C=O) groups excluding carboxylic acids is 1. The third-order valence-electron chi connectivity index (χ3n) is 4.41. The first-order chi connectivity index (χ1) is 10.5. The minimum absolute atomic E-state index is 0.0297. The number of furan rings is 1. The number of nitrogens with one attached hydrogen (secondary N) is 1. The van der Waals surface area contributed by atoms with Crippen LogP contribution in [0.25, 0.3) is 0 Å². The lowest BCUT2D eigenvalue weighted by atomic mass is 9.97. The number of nitrogens with zero attached hydrogens (tertiary/aromatic N) is 3. The van der Waals surface area contributed by atoms with Gasteiger partial charge in [-0.15, -0.1) is 10.2 Å². The van der Waals surface area contributed by atoms with Gasteiger partial charge in [-0.25, -0.2) is 0 Å². The van der Waals surface area contributed by atoms with E-state index in [1.807, 2.05) is 38.3 Å². The van der Waals surface area contributed by atoms with Gasteiger partial charge in [0.15, 0.2) is 0 Å². The van der Waals surface area contributed by atoms with Crippen molar-refractivity contribution in [1.82, 2.24) is 20.1 Å². The van der Waals surface area contributed by atoms with Crippen LogP contribution >= 0.6 is 0 Å². The third-order valence-corrected chi connectivity index (χ3v) is 4.41. The van der Waals surface area contributed by atoms with Crippen LogP contribution < -0.4 is 5.32 Å². The summed E-state index contributed by atoms with van der Waals surface area (Å²) in [7, 11) is 0. The monoisotopic (exact) mass is 302 g/mol. The predicted octanol–water partition coefficient (Wildman–Crippen LogP) is 2.24.